The van der Waals surface area contributed by atoms with Crippen LogP contribution in [0.5, 0.6) is 11.8 Å². The first-order chi connectivity index (χ1) is 12.7. The molecule has 0 saturated carbocycles. The Balaban J connectivity index is 1.75. The van der Waals surface area contributed by atoms with Crippen molar-refractivity contribution in [2.75, 3.05) is 31.1 Å². The zero-order valence-electron chi connectivity index (χ0n) is 14.2. The van der Waals surface area contributed by atoms with E-state index in [1.807, 2.05) is 0 Å². The standard InChI is InChI=1S/C17H17N7O2/c1-23-15(25)13-14(21-16(20-13)24-8-6-19-7-9-24)22-17(23)26-12-5-3-2-4-11(12)10-18/h2-5,19H,6-9H2,1H3,(H,20,21). The molecule has 2 N–H and O–H groups in total. The van der Waals surface area contributed by atoms with Crippen LogP contribution in [0.15, 0.2) is 29.1 Å². The number of ether oxygens (including phenoxy) is 1. The van der Waals surface area contributed by atoms with Crippen LogP contribution < -0.4 is 20.5 Å². The molecular weight excluding hydrogens is 334 g/mol. The number of piperazine rings is 1. The molecule has 26 heavy (non-hydrogen) atoms. The van der Waals surface area contributed by atoms with Gasteiger partial charge in [0.05, 0.1) is 5.56 Å². The molecule has 1 aromatic carbocycles. The summed E-state index contributed by atoms with van der Waals surface area (Å²) < 4.78 is 7.03. The van der Waals surface area contributed by atoms with E-state index in [2.05, 4.69) is 31.2 Å². The highest BCUT2D eigenvalue weighted by molar-refractivity contribution is 5.73. The number of nitriles is 1. The second kappa shape index (κ2) is 6.50. The second-order valence-electron chi connectivity index (χ2n) is 5.96. The van der Waals surface area contributed by atoms with Gasteiger partial charge in [-0.1, -0.05) is 12.1 Å². The first-order valence-corrected chi connectivity index (χ1v) is 8.27. The average Bonchev–Trinajstić information content (AvgIpc) is 3.11. The molecule has 0 aliphatic carbocycles. The maximum absolute atomic E-state index is 12.7. The summed E-state index contributed by atoms with van der Waals surface area (Å²) in [5.74, 6) is 0.968. The number of fused-ring (bicyclic) bond motifs is 1. The van der Waals surface area contributed by atoms with Gasteiger partial charge in [0.2, 0.25) is 5.95 Å². The van der Waals surface area contributed by atoms with Gasteiger partial charge in [-0.05, 0) is 12.1 Å². The number of rotatable bonds is 3. The zero-order chi connectivity index (χ0) is 18.1. The Bertz CT molecular complexity index is 1060. The van der Waals surface area contributed by atoms with Gasteiger partial charge in [-0.25, -0.2) is 0 Å². The number of benzene rings is 1. The van der Waals surface area contributed by atoms with E-state index in [1.165, 1.54) is 4.57 Å². The topological polar surface area (TPSA) is 112 Å². The van der Waals surface area contributed by atoms with E-state index in [1.54, 1.807) is 31.3 Å². The van der Waals surface area contributed by atoms with Gasteiger partial charge in [0, 0.05) is 33.2 Å². The first kappa shape index (κ1) is 16.1. The molecule has 132 valence electrons. The average molecular weight is 351 g/mol. The van der Waals surface area contributed by atoms with Crippen LogP contribution in [0.4, 0.5) is 5.95 Å². The lowest BCUT2D eigenvalue weighted by atomic mass is 10.2. The Morgan fingerprint density at radius 2 is 2.00 bits per heavy atom. The number of nitrogens with one attached hydrogen (secondary N) is 2. The largest absolute Gasteiger partial charge is 0.424 e. The van der Waals surface area contributed by atoms with Gasteiger partial charge in [-0.2, -0.15) is 15.2 Å². The van der Waals surface area contributed by atoms with E-state index in [4.69, 9.17) is 4.74 Å². The number of aromatic nitrogens is 4. The predicted molar refractivity (Wildman–Crippen MR) is 95.4 cm³/mol. The summed E-state index contributed by atoms with van der Waals surface area (Å²) in [5.41, 5.74) is 0.715. The molecule has 1 fully saturated rings. The summed E-state index contributed by atoms with van der Waals surface area (Å²) in [4.78, 5) is 26.6. The molecular formula is C17H17N7O2. The lowest BCUT2D eigenvalue weighted by molar-refractivity contribution is 0.414. The molecule has 0 radical (unpaired) electrons. The molecule has 0 bridgehead atoms. The van der Waals surface area contributed by atoms with Crippen LogP contribution in [0.3, 0.4) is 0 Å². The number of anilines is 1. The van der Waals surface area contributed by atoms with Gasteiger partial charge in [0.15, 0.2) is 11.2 Å². The molecule has 0 spiro atoms. The van der Waals surface area contributed by atoms with E-state index in [0.717, 1.165) is 26.2 Å². The smallest absolute Gasteiger partial charge is 0.306 e. The van der Waals surface area contributed by atoms with Gasteiger partial charge in [-0.15, -0.1) is 0 Å². The van der Waals surface area contributed by atoms with E-state index >= 15 is 0 Å². The van der Waals surface area contributed by atoms with Crippen molar-refractivity contribution < 1.29 is 4.74 Å². The van der Waals surface area contributed by atoms with Crippen LogP contribution in [0, 0.1) is 11.3 Å². The second-order valence-corrected chi connectivity index (χ2v) is 5.96. The van der Waals surface area contributed by atoms with Crippen molar-refractivity contribution >= 4 is 17.1 Å². The summed E-state index contributed by atoms with van der Waals surface area (Å²) in [7, 11) is 1.57. The fourth-order valence-electron chi connectivity index (χ4n) is 2.87. The number of imidazole rings is 1. The normalized spacial score (nSPS) is 14.4. The van der Waals surface area contributed by atoms with Crippen LogP contribution in [0.2, 0.25) is 0 Å². The monoisotopic (exact) mass is 351 g/mol. The maximum Gasteiger partial charge on any atom is 0.306 e. The number of para-hydroxylation sites is 1. The van der Waals surface area contributed by atoms with Crippen molar-refractivity contribution in [2.45, 2.75) is 0 Å². The van der Waals surface area contributed by atoms with Gasteiger partial charge in [-0.3, -0.25) is 9.36 Å². The Morgan fingerprint density at radius 3 is 2.77 bits per heavy atom. The summed E-state index contributed by atoms with van der Waals surface area (Å²) >= 11 is 0. The number of nitrogens with zero attached hydrogens (tertiary/aromatic N) is 5. The molecule has 1 aliphatic heterocycles. The summed E-state index contributed by atoms with van der Waals surface area (Å²) in [5, 5.41) is 12.5. The van der Waals surface area contributed by atoms with Crippen LogP contribution in [0.1, 0.15) is 5.56 Å². The minimum atomic E-state index is -0.284. The van der Waals surface area contributed by atoms with Crippen molar-refractivity contribution in [3.05, 3.63) is 40.2 Å². The van der Waals surface area contributed by atoms with Crippen molar-refractivity contribution in [1.82, 2.24) is 24.8 Å². The van der Waals surface area contributed by atoms with Crippen LogP contribution >= 0.6 is 0 Å². The highest BCUT2D eigenvalue weighted by Crippen LogP contribution is 2.24. The molecule has 9 heteroatoms. The molecule has 9 nitrogen and oxygen atoms in total. The number of hydrogen-bond acceptors (Lipinski definition) is 7. The van der Waals surface area contributed by atoms with Crippen molar-refractivity contribution in [3.8, 4) is 17.8 Å². The molecule has 1 saturated heterocycles. The quantitative estimate of drug-likeness (QED) is 0.715. The highest BCUT2D eigenvalue weighted by Gasteiger charge is 2.19. The minimum absolute atomic E-state index is 0.0866. The van der Waals surface area contributed by atoms with E-state index in [-0.39, 0.29) is 11.6 Å². The number of aromatic amines is 1. The lowest BCUT2D eigenvalue weighted by Gasteiger charge is -2.26. The third-order valence-corrected chi connectivity index (χ3v) is 4.30. The Kier molecular flexibility index (Phi) is 4.02. The maximum atomic E-state index is 12.7. The Hall–Kier alpha value is -3.38. The molecule has 1 aliphatic rings. The fraction of sp³-hybridized carbons (Fsp3) is 0.294. The SMILES string of the molecule is Cn1c(Oc2ccccc2C#N)nc2nc(N3CCNCC3)[nH]c2c1=O. The van der Waals surface area contributed by atoms with Crippen molar-refractivity contribution in [1.29, 1.82) is 5.26 Å². The Morgan fingerprint density at radius 1 is 1.23 bits per heavy atom. The van der Waals surface area contributed by atoms with Crippen molar-refractivity contribution in [3.63, 3.8) is 0 Å². The zero-order valence-corrected chi connectivity index (χ0v) is 14.2. The third kappa shape index (κ3) is 2.76. The van der Waals surface area contributed by atoms with E-state index < -0.39 is 0 Å². The summed E-state index contributed by atoms with van der Waals surface area (Å²) in [6.07, 6.45) is 0. The minimum Gasteiger partial charge on any atom is -0.424 e. The van der Waals surface area contributed by atoms with Crippen LogP contribution in [-0.2, 0) is 7.05 Å². The van der Waals surface area contributed by atoms with Crippen LogP contribution in [-0.4, -0.2) is 45.7 Å². The van der Waals surface area contributed by atoms with E-state index in [9.17, 15) is 10.1 Å². The third-order valence-electron chi connectivity index (χ3n) is 4.30. The molecule has 0 atom stereocenters. The fourth-order valence-corrected chi connectivity index (χ4v) is 2.87. The van der Waals surface area contributed by atoms with Gasteiger partial charge in [0.25, 0.3) is 5.56 Å². The number of H-pyrrole nitrogens is 1. The lowest BCUT2D eigenvalue weighted by Crippen LogP contribution is -2.44. The van der Waals surface area contributed by atoms with Gasteiger partial charge < -0.3 is 19.9 Å². The molecule has 2 aromatic heterocycles. The molecule has 3 aromatic rings. The Labute approximate surface area is 148 Å². The van der Waals surface area contributed by atoms with E-state index in [0.29, 0.717) is 28.4 Å². The molecule has 0 unspecified atom stereocenters. The van der Waals surface area contributed by atoms with Gasteiger partial charge >= 0.3 is 6.01 Å². The molecule has 0 amide bonds. The summed E-state index contributed by atoms with van der Waals surface area (Å²) in [6.45, 7) is 3.33. The highest BCUT2D eigenvalue weighted by atomic mass is 16.5. The predicted octanol–water partition coefficient (Wildman–Crippen LogP) is 0.730. The molecule has 4 rings (SSSR count). The summed E-state index contributed by atoms with van der Waals surface area (Å²) in [6, 6.07) is 8.94. The van der Waals surface area contributed by atoms with Crippen LogP contribution in [0.25, 0.3) is 11.2 Å². The number of hydrogen-bond donors (Lipinski definition) is 2. The van der Waals surface area contributed by atoms with Crippen molar-refractivity contribution in [2.24, 2.45) is 7.05 Å². The molecule has 3 heterocycles. The first-order valence-electron chi connectivity index (χ1n) is 8.27. The van der Waals surface area contributed by atoms with Gasteiger partial charge in [0.1, 0.15) is 11.8 Å².